The number of carbonyl (C=O) groups excluding carboxylic acids is 3. The van der Waals surface area contributed by atoms with Crippen molar-refractivity contribution in [3.63, 3.8) is 0 Å². The van der Waals surface area contributed by atoms with Gasteiger partial charge < -0.3 is 15.5 Å². The summed E-state index contributed by atoms with van der Waals surface area (Å²) in [6.45, 7) is 3.87. The molecule has 2 fully saturated rings. The molecule has 2 aliphatic rings. The highest BCUT2D eigenvalue weighted by atomic mass is 35.5. The molecule has 0 unspecified atom stereocenters. The van der Waals surface area contributed by atoms with Crippen LogP contribution in [0.15, 0.2) is 42.5 Å². The van der Waals surface area contributed by atoms with Crippen LogP contribution < -0.4 is 5.73 Å². The monoisotopic (exact) mass is 601 g/mol. The van der Waals surface area contributed by atoms with E-state index in [9.17, 15) is 14.4 Å². The van der Waals surface area contributed by atoms with Crippen molar-refractivity contribution >= 4 is 52.5 Å². The molecule has 2 saturated heterocycles. The molecule has 3 heterocycles. The van der Waals surface area contributed by atoms with Crippen molar-refractivity contribution in [3.8, 4) is 16.9 Å². The Labute approximate surface area is 248 Å². The molecule has 5 rings (SSSR count). The van der Waals surface area contributed by atoms with E-state index in [1.54, 1.807) is 39.9 Å². The zero-order valence-electron chi connectivity index (χ0n) is 22.1. The molecule has 0 spiro atoms. The Kier molecular flexibility index (Phi) is 8.40. The normalized spacial score (nSPS) is 16.8. The second kappa shape index (κ2) is 11.8. The van der Waals surface area contributed by atoms with E-state index in [-0.39, 0.29) is 29.6 Å². The fourth-order valence-corrected chi connectivity index (χ4v) is 6.21. The van der Waals surface area contributed by atoms with Crippen molar-refractivity contribution in [1.29, 1.82) is 0 Å². The molecule has 2 N–H and O–H groups in total. The van der Waals surface area contributed by atoms with Gasteiger partial charge >= 0.3 is 0 Å². The van der Waals surface area contributed by atoms with Crippen LogP contribution in [0.3, 0.4) is 0 Å². The summed E-state index contributed by atoms with van der Waals surface area (Å²) < 4.78 is 1.68. The Bertz CT molecular complexity index is 1440. The Morgan fingerprint density at radius 1 is 0.825 bits per heavy atom. The number of benzene rings is 2. The standard InChI is InChI=1S/C29H30Cl3N5O3/c1-17-25(29(40)36-14-10-20(11-15-36)28(39)35-12-8-19(9-13-35)27(33)38)34-37(24-7-6-22(31)16-23(24)32)26(17)18-2-4-21(30)5-3-18/h2-7,16,19-20H,8-15H2,1H3,(H2,33,38). The van der Waals surface area contributed by atoms with Gasteiger partial charge in [-0.05, 0) is 62.9 Å². The number of rotatable bonds is 5. The van der Waals surface area contributed by atoms with Crippen LogP contribution in [0.1, 0.15) is 41.7 Å². The zero-order chi connectivity index (χ0) is 28.6. The van der Waals surface area contributed by atoms with Crippen molar-refractivity contribution < 1.29 is 14.4 Å². The zero-order valence-corrected chi connectivity index (χ0v) is 24.3. The highest BCUT2D eigenvalue weighted by Crippen LogP contribution is 2.34. The number of primary amides is 1. The first kappa shape index (κ1) is 28.5. The van der Waals surface area contributed by atoms with E-state index >= 15 is 0 Å². The summed E-state index contributed by atoms with van der Waals surface area (Å²) in [5.74, 6) is -0.700. The van der Waals surface area contributed by atoms with Gasteiger partial charge in [0.1, 0.15) is 0 Å². The van der Waals surface area contributed by atoms with Gasteiger partial charge in [-0.15, -0.1) is 0 Å². The van der Waals surface area contributed by atoms with Gasteiger partial charge in [0.25, 0.3) is 5.91 Å². The van der Waals surface area contributed by atoms with Gasteiger partial charge in [0.2, 0.25) is 11.8 Å². The predicted octanol–water partition coefficient (Wildman–Crippen LogP) is 5.38. The molecule has 2 aromatic carbocycles. The molecule has 1 aromatic heterocycles. The van der Waals surface area contributed by atoms with Crippen LogP contribution >= 0.6 is 34.8 Å². The number of aromatic nitrogens is 2. The van der Waals surface area contributed by atoms with Gasteiger partial charge in [-0.25, -0.2) is 4.68 Å². The van der Waals surface area contributed by atoms with E-state index in [1.165, 1.54) is 0 Å². The maximum absolute atomic E-state index is 13.8. The lowest BCUT2D eigenvalue weighted by Crippen LogP contribution is -2.47. The van der Waals surface area contributed by atoms with Crippen LogP contribution in [0.2, 0.25) is 15.1 Å². The summed E-state index contributed by atoms with van der Waals surface area (Å²) in [6, 6.07) is 12.5. The van der Waals surface area contributed by atoms with E-state index in [4.69, 9.17) is 45.6 Å². The molecule has 2 aliphatic heterocycles. The summed E-state index contributed by atoms with van der Waals surface area (Å²) in [6.07, 6.45) is 2.36. The molecule has 3 aromatic rings. The first-order valence-corrected chi connectivity index (χ1v) is 14.5. The number of hydrogen-bond acceptors (Lipinski definition) is 4. The lowest BCUT2D eigenvalue weighted by atomic mass is 9.91. The van der Waals surface area contributed by atoms with Crippen LogP contribution in [-0.4, -0.2) is 63.5 Å². The molecule has 3 amide bonds. The Hall–Kier alpha value is -3.07. The molecular formula is C29H30Cl3N5O3. The predicted molar refractivity (Wildman–Crippen MR) is 156 cm³/mol. The molecule has 0 saturated carbocycles. The van der Waals surface area contributed by atoms with Crippen molar-refractivity contribution in [2.45, 2.75) is 32.6 Å². The lowest BCUT2D eigenvalue weighted by molar-refractivity contribution is -0.139. The van der Waals surface area contributed by atoms with E-state index in [2.05, 4.69) is 0 Å². The number of halogens is 3. The molecule has 8 nitrogen and oxygen atoms in total. The fraction of sp³-hybridized carbons (Fsp3) is 0.379. The van der Waals surface area contributed by atoms with Crippen molar-refractivity contribution in [2.75, 3.05) is 26.2 Å². The highest BCUT2D eigenvalue weighted by molar-refractivity contribution is 6.35. The average molecular weight is 603 g/mol. The fourth-order valence-electron chi connectivity index (χ4n) is 5.59. The maximum atomic E-state index is 13.8. The Balaban J connectivity index is 1.35. The van der Waals surface area contributed by atoms with Crippen molar-refractivity contribution in [2.24, 2.45) is 17.6 Å². The van der Waals surface area contributed by atoms with Crippen LogP contribution in [0.25, 0.3) is 16.9 Å². The SMILES string of the molecule is Cc1c(C(=O)N2CCC(C(=O)N3CCC(C(N)=O)CC3)CC2)nn(-c2ccc(Cl)cc2Cl)c1-c1ccc(Cl)cc1. The second-order valence-corrected chi connectivity index (χ2v) is 11.7. The summed E-state index contributed by atoms with van der Waals surface area (Å²) in [4.78, 5) is 41.9. The van der Waals surface area contributed by atoms with E-state index < -0.39 is 0 Å². The van der Waals surface area contributed by atoms with Gasteiger partial charge in [-0.1, -0.05) is 46.9 Å². The number of piperidine rings is 2. The van der Waals surface area contributed by atoms with Crippen molar-refractivity contribution in [1.82, 2.24) is 19.6 Å². The van der Waals surface area contributed by atoms with Gasteiger partial charge in [-0.2, -0.15) is 5.10 Å². The number of amides is 3. The minimum Gasteiger partial charge on any atom is -0.369 e. The summed E-state index contributed by atoms with van der Waals surface area (Å²) in [5.41, 5.74) is 8.64. The lowest BCUT2D eigenvalue weighted by Gasteiger charge is -2.36. The molecule has 0 radical (unpaired) electrons. The second-order valence-electron chi connectivity index (χ2n) is 10.4. The smallest absolute Gasteiger partial charge is 0.274 e. The van der Waals surface area contributed by atoms with E-state index in [1.807, 2.05) is 24.0 Å². The van der Waals surface area contributed by atoms with Crippen molar-refractivity contribution in [3.05, 3.63) is 68.8 Å². The van der Waals surface area contributed by atoms with E-state index in [0.29, 0.717) is 83.9 Å². The minimum absolute atomic E-state index is 0.0953. The average Bonchev–Trinajstić information content (AvgIpc) is 3.29. The third-order valence-electron chi connectivity index (χ3n) is 7.92. The van der Waals surface area contributed by atoms with Gasteiger partial charge in [0.15, 0.2) is 5.69 Å². The minimum atomic E-state index is -0.297. The number of hydrogen-bond donors (Lipinski definition) is 1. The Morgan fingerprint density at radius 3 is 2.00 bits per heavy atom. The highest BCUT2D eigenvalue weighted by Gasteiger charge is 2.34. The third-order valence-corrected chi connectivity index (χ3v) is 8.71. The van der Waals surface area contributed by atoms with Crippen LogP contribution in [-0.2, 0) is 9.59 Å². The summed E-state index contributed by atoms with van der Waals surface area (Å²) in [7, 11) is 0. The Morgan fingerprint density at radius 2 is 1.40 bits per heavy atom. The topological polar surface area (TPSA) is 102 Å². The summed E-state index contributed by atoms with van der Waals surface area (Å²) in [5, 5.41) is 6.25. The summed E-state index contributed by atoms with van der Waals surface area (Å²) >= 11 is 18.8. The molecular weight excluding hydrogens is 573 g/mol. The van der Waals surface area contributed by atoms with Gasteiger partial charge in [-0.3, -0.25) is 14.4 Å². The first-order chi connectivity index (χ1) is 19.1. The molecule has 210 valence electrons. The van der Waals surface area contributed by atoms with Crippen LogP contribution in [0.4, 0.5) is 0 Å². The molecule has 0 aliphatic carbocycles. The third kappa shape index (κ3) is 5.71. The van der Waals surface area contributed by atoms with Gasteiger partial charge in [0, 0.05) is 59.2 Å². The maximum Gasteiger partial charge on any atom is 0.274 e. The molecule has 11 heteroatoms. The molecule has 0 bridgehead atoms. The van der Waals surface area contributed by atoms with Gasteiger partial charge in [0.05, 0.1) is 16.4 Å². The largest absolute Gasteiger partial charge is 0.369 e. The number of likely N-dealkylation sites (tertiary alicyclic amines) is 2. The van der Waals surface area contributed by atoms with E-state index in [0.717, 1.165) is 11.3 Å². The molecule has 0 atom stereocenters. The van der Waals surface area contributed by atoms with Crippen LogP contribution in [0.5, 0.6) is 0 Å². The number of carbonyl (C=O) groups is 3. The molecule has 40 heavy (non-hydrogen) atoms. The first-order valence-electron chi connectivity index (χ1n) is 13.3. The number of nitrogens with two attached hydrogens (primary N) is 1. The quantitative estimate of drug-likeness (QED) is 0.423. The van der Waals surface area contributed by atoms with Crippen LogP contribution in [0, 0.1) is 18.8 Å². The number of nitrogens with zero attached hydrogens (tertiary/aromatic N) is 4.